The Labute approximate surface area is 190 Å². The fourth-order valence-electron chi connectivity index (χ4n) is 4.40. The minimum absolute atomic E-state index is 0.0877. The molecule has 1 atom stereocenters. The molecule has 0 aliphatic carbocycles. The van der Waals surface area contributed by atoms with Crippen LogP contribution in [0.5, 0.6) is 0 Å². The van der Waals surface area contributed by atoms with Crippen molar-refractivity contribution in [3.63, 3.8) is 0 Å². The summed E-state index contributed by atoms with van der Waals surface area (Å²) < 4.78 is 15.7. The second-order valence-corrected chi connectivity index (χ2v) is 8.34. The van der Waals surface area contributed by atoms with Crippen LogP contribution in [0.4, 0.5) is 10.2 Å². The summed E-state index contributed by atoms with van der Waals surface area (Å²) in [5.41, 5.74) is 2.51. The van der Waals surface area contributed by atoms with Crippen molar-refractivity contribution in [2.45, 2.75) is 25.8 Å². The Morgan fingerprint density at radius 2 is 2.12 bits per heavy atom. The van der Waals surface area contributed by atoms with Gasteiger partial charge in [-0.25, -0.2) is 9.37 Å². The summed E-state index contributed by atoms with van der Waals surface area (Å²) in [4.78, 5) is 24.6. The van der Waals surface area contributed by atoms with Gasteiger partial charge in [0.15, 0.2) is 0 Å². The standard InChI is InChI=1S/C24H24FN7O/c1-15-10-18(25)11-16-7-9-27-23(22(15)16)32(19-4-3-8-26-13-19)24(33)20-6-5-17(12-28-20)21-14-31(2)30-29-21/h5-7,9-12,14,19,26H,3-4,8,13H2,1-2H3/t19-/m1/s1. The Bertz CT molecular complexity index is 1310. The van der Waals surface area contributed by atoms with Crippen LogP contribution < -0.4 is 10.2 Å². The number of pyridine rings is 2. The predicted molar refractivity (Wildman–Crippen MR) is 123 cm³/mol. The zero-order valence-electron chi connectivity index (χ0n) is 18.5. The third-order valence-corrected chi connectivity index (χ3v) is 5.97. The highest BCUT2D eigenvalue weighted by Crippen LogP contribution is 2.32. The number of benzene rings is 1. The summed E-state index contributed by atoms with van der Waals surface area (Å²) in [5.74, 6) is -0.0164. The van der Waals surface area contributed by atoms with Crippen LogP contribution in [0.3, 0.4) is 0 Å². The summed E-state index contributed by atoms with van der Waals surface area (Å²) in [6.45, 7) is 3.41. The lowest BCUT2D eigenvalue weighted by Gasteiger charge is -2.34. The first-order valence-electron chi connectivity index (χ1n) is 10.9. The van der Waals surface area contributed by atoms with E-state index in [0.717, 1.165) is 35.9 Å². The van der Waals surface area contributed by atoms with Gasteiger partial charge in [0.2, 0.25) is 0 Å². The second kappa shape index (κ2) is 8.67. The molecule has 0 bridgehead atoms. The number of hydrogen-bond donors (Lipinski definition) is 1. The van der Waals surface area contributed by atoms with E-state index in [9.17, 15) is 9.18 Å². The molecule has 1 saturated heterocycles. The highest BCUT2D eigenvalue weighted by Gasteiger charge is 2.31. The van der Waals surface area contributed by atoms with Crippen molar-refractivity contribution in [2.24, 2.45) is 7.05 Å². The van der Waals surface area contributed by atoms with E-state index in [-0.39, 0.29) is 17.8 Å². The van der Waals surface area contributed by atoms with Crippen LogP contribution >= 0.6 is 0 Å². The van der Waals surface area contributed by atoms with Crippen molar-refractivity contribution >= 4 is 22.5 Å². The SMILES string of the molecule is Cc1cc(F)cc2ccnc(N(C(=O)c3ccc(-c4cn(C)nn4)cn3)[C@@H]3CCCNC3)c12. The van der Waals surface area contributed by atoms with Gasteiger partial charge in [-0.3, -0.25) is 19.4 Å². The van der Waals surface area contributed by atoms with E-state index in [4.69, 9.17) is 0 Å². The monoisotopic (exact) mass is 445 g/mol. The Morgan fingerprint density at radius 3 is 2.82 bits per heavy atom. The van der Waals surface area contributed by atoms with Gasteiger partial charge in [-0.15, -0.1) is 5.10 Å². The molecular weight excluding hydrogens is 421 g/mol. The molecule has 1 fully saturated rings. The number of fused-ring (bicyclic) bond motifs is 1. The summed E-state index contributed by atoms with van der Waals surface area (Å²) in [6.07, 6.45) is 6.84. The molecule has 0 unspecified atom stereocenters. The molecule has 0 radical (unpaired) electrons. The molecule has 1 amide bonds. The maximum absolute atomic E-state index is 14.1. The molecule has 1 N–H and O–H groups in total. The van der Waals surface area contributed by atoms with E-state index in [1.54, 1.807) is 47.4 Å². The van der Waals surface area contributed by atoms with Gasteiger partial charge in [-0.2, -0.15) is 0 Å². The van der Waals surface area contributed by atoms with Crippen molar-refractivity contribution in [3.05, 3.63) is 66.0 Å². The largest absolute Gasteiger partial charge is 0.315 e. The number of carbonyl (C=O) groups excluding carboxylic acids is 1. The van der Waals surface area contributed by atoms with E-state index >= 15 is 0 Å². The molecule has 1 aromatic carbocycles. The summed E-state index contributed by atoms with van der Waals surface area (Å²) in [5, 5.41) is 12.9. The average molecular weight is 446 g/mol. The van der Waals surface area contributed by atoms with Crippen LogP contribution in [0, 0.1) is 12.7 Å². The molecule has 4 heterocycles. The molecule has 0 spiro atoms. The number of halogens is 1. The molecule has 33 heavy (non-hydrogen) atoms. The Morgan fingerprint density at radius 1 is 1.24 bits per heavy atom. The van der Waals surface area contributed by atoms with Crippen molar-refractivity contribution < 1.29 is 9.18 Å². The fraction of sp³-hybridized carbons (Fsp3) is 0.292. The van der Waals surface area contributed by atoms with Crippen molar-refractivity contribution in [1.29, 1.82) is 0 Å². The molecule has 5 rings (SSSR count). The third-order valence-electron chi connectivity index (χ3n) is 5.97. The van der Waals surface area contributed by atoms with Crippen LogP contribution in [0.1, 0.15) is 28.9 Å². The van der Waals surface area contributed by atoms with E-state index in [0.29, 0.717) is 29.1 Å². The number of carbonyl (C=O) groups is 1. The minimum atomic E-state index is -0.310. The number of anilines is 1. The highest BCUT2D eigenvalue weighted by molar-refractivity contribution is 6.10. The van der Waals surface area contributed by atoms with E-state index in [1.165, 1.54) is 12.1 Å². The zero-order valence-corrected chi connectivity index (χ0v) is 18.5. The minimum Gasteiger partial charge on any atom is -0.315 e. The molecule has 1 aliphatic rings. The van der Waals surface area contributed by atoms with Gasteiger partial charge in [0, 0.05) is 36.9 Å². The van der Waals surface area contributed by atoms with Crippen LogP contribution in [0.15, 0.2) is 48.9 Å². The number of nitrogens with zero attached hydrogens (tertiary/aromatic N) is 6. The molecule has 1 aliphatic heterocycles. The zero-order chi connectivity index (χ0) is 22.9. The molecule has 9 heteroatoms. The van der Waals surface area contributed by atoms with Crippen LogP contribution in [-0.4, -0.2) is 50.0 Å². The maximum atomic E-state index is 14.1. The Hall–Kier alpha value is -3.72. The summed E-state index contributed by atoms with van der Waals surface area (Å²) in [6, 6.07) is 8.15. The lowest BCUT2D eigenvalue weighted by molar-refractivity contribution is 0.0967. The van der Waals surface area contributed by atoms with Gasteiger partial charge in [0.25, 0.3) is 5.91 Å². The predicted octanol–water partition coefficient (Wildman–Crippen LogP) is 3.27. The topological polar surface area (TPSA) is 88.8 Å². The number of piperidine rings is 1. The van der Waals surface area contributed by atoms with Gasteiger partial charge < -0.3 is 5.32 Å². The highest BCUT2D eigenvalue weighted by atomic mass is 19.1. The first-order chi connectivity index (χ1) is 16.0. The lowest BCUT2D eigenvalue weighted by atomic mass is 10.0. The molecule has 4 aromatic rings. The second-order valence-electron chi connectivity index (χ2n) is 8.34. The number of nitrogens with one attached hydrogen (secondary N) is 1. The number of rotatable bonds is 4. The maximum Gasteiger partial charge on any atom is 0.278 e. The van der Waals surface area contributed by atoms with Crippen LogP contribution in [0.2, 0.25) is 0 Å². The van der Waals surface area contributed by atoms with Gasteiger partial charge in [0.05, 0.1) is 12.2 Å². The fourth-order valence-corrected chi connectivity index (χ4v) is 4.40. The lowest BCUT2D eigenvalue weighted by Crippen LogP contribution is -2.49. The first-order valence-corrected chi connectivity index (χ1v) is 10.9. The van der Waals surface area contributed by atoms with E-state index < -0.39 is 0 Å². The third kappa shape index (κ3) is 4.07. The number of aryl methyl sites for hydroxylation is 2. The summed E-state index contributed by atoms with van der Waals surface area (Å²) >= 11 is 0. The quantitative estimate of drug-likeness (QED) is 0.519. The number of amides is 1. The molecule has 3 aromatic heterocycles. The molecule has 0 saturated carbocycles. The van der Waals surface area contributed by atoms with E-state index in [1.807, 2.05) is 13.0 Å². The molecule has 8 nitrogen and oxygen atoms in total. The van der Waals surface area contributed by atoms with E-state index in [2.05, 4.69) is 25.6 Å². The van der Waals surface area contributed by atoms with Crippen LogP contribution in [0.25, 0.3) is 22.0 Å². The van der Waals surface area contributed by atoms with Gasteiger partial charge in [-0.05, 0) is 67.6 Å². The van der Waals surface area contributed by atoms with Crippen molar-refractivity contribution in [3.8, 4) is 11.3 Å². The molecule has 168 valence electrons. The normalized spacial score (nSPS) is 16.2. The average Bonchev–Trinajstić information content (AvgIpc) is 3.26. The van der Waals surface area contributed by atoms with Gasteiger partial charge >= 0.3 is 0 Å². The van der Waals surface area contributed by atoms with Crippen molar-refractivity contribution in [1.82, 2.24) is 30.3 Å². The Kier molecular flexibility index (Phi) is 5.55. The smallest absolute Gasteiger partial charge is 0.278 e. The summed E-state index contributed by atoms with van der Waals surface area (Å²) in [7, 11) is 1.79. The van der Waals surface area contributed by atoms with Gasteiger partial charge in [0.1, 0.15) is 23.0 Å². The first kappa shape index (κ1) is 21.1. The number of hydrogen-bond acceptors (Lipinski definition) is 6. The Balaban J connectivity index is 1.58. The number of aromatic nitrogens is 5. The van der Waals surface area contributed by atoms with Gasteiger partial charge in [-0.1, -0.05) is 5.21 Å². The van der Waals surface area contributed by atoms with Crippen LogP contribution in [-0.2, 0) is 7.05 Å². The molecular formula is C24H24FN7O. The van der Waals surface area contributed by atoms with Crippen molar-refractivity contribution in [2.75, 3.05) is 18.0 Å².